The number of hydrogen-bond acceptors (Lipinski definition) is 3. The fourth-order valence-corrected chi connectivity index (χ4v) is 1.74. The Labute approximate surface area is 118 Å². The van der Waals surface area contributed by atoms with Crippen LogP contribution in [0.4, 0.5) is 8.78 Å². The summed E-state index contributed by atoms with van der Waals surface area (Å²) in [5, 5.41) is 0. The second-order valence-corrected chi connectivity index (χ2v) is 4.84. The summed E-state index contributed by atoms with van der Waals surface area (Å²) in [5.41, 5.74) is 0.618. The van der Waals surface area contributed by atoms with Crippen LogP contribution < -0.4 is 0 Å². The lowest BCUT2D eigenvalue weighted by molar-refractivity contribution is -0.145. The van der Waals surface area contributed by atoms with E-state index in [-0.39, 0.29) is 18.6 Å². The normalized spacial score (nSPS) is 12.5. The first-order chi connectivity index (χ1) is 9.45. The summed E-state index contributed by atoms with van der Waals surface area (Å²) < 4.78 is 31.1. The van der Waals surface area contributed by atoms with Crippen molar-refractivity contribution in [3.8, 4) is 0 Å². The van der Waals surface area contributed by atoms with E-state index in [0.717, 1.165) is 25.0 Å². The van der Waals surface area contributed by atoms with Gasteiger partial charge in [0.2, 0.25) is 0 Å². The van der Waals surface area contributed by atoms with E-state index in [1.54, 1.807) is 11.9 Å². The molecular formula is C15H21F2NO2. The van der Waals surface area contributed by atoms with E-state index >= 15 is 0 Å². The summed E-state index contributed by atoms with van der Waals surface area (Å²) in [7, 11) is 1.74. The standard InChI is InChI=1S/C15H21F2NO2/c1-4-5-8-20-15(19)10-18(3)11(2)12-6-7-13(16)14(17)9-12/h6-7,9,11H,4-5,8,10H2,1-3H3. The van der Waals surface area contributed by atoms with Crippen molar-refractivity contribution in [1.82, 2.24) is 4.90 Å². The lowest BCUT2D eigenvalue weighted by Gasteiger charge is -2.24. The number of rotatable bonds is 7. The number of likely N-dealkylation sites (N-methyl/N-ethyl adjacent to an activating group) is 1. The fourth-order valence-electron chi connectivity index (χ4n) is 1.74. The van der Waals surface area contributed by atoms with Gasteiger partial charge in [0.1, 0.15) is 0 Å². The molecule has 0 aliphatic carbocycles. The molecule has 5 heteroatoms. The van der Waals surface area contributed by atoms with Gasteiger partial charge in [-0.1, -0.05) is 19.4 Å². The lowest BCUT2D eigenvalue weighted by atomic mass is 10.1. The zero-order valence-corrected chi connectivity index (χ0v) is 12.2. The number of halogens is 2. The zero-order valence-electron chi connectivity index (χ0n) is 12.2. The lowest BCUT2D eigenvalue weighted by Crippen LogP contribution is -2.30. The number of carbonyl (C=O) groups is 1. The number of benzene rings is 1. The van der Waals surface area contributed by atoms with Gasteiger partial charge in [0.05, 0.1) is 13.2 Å². The molecule has 20 heavy (non-hydrogen) atoms. The molecule has 0 amide bonds. The molecule has 1 atom stereocenters. The van der Waals surface area contributed by atoms with Crippen molar-refractivity contribution >= 4 is 5.97 Å². The van der Waals surface area contributed by atoms with E-state index in [1.807, 2.05) is 13.8 Å². The maximum absolute atomic E-state index is 13.2. The van der Waals surface area contributed by atoms with Crippen molar-refractivity contribution < 1.29 is 18.3 Å². The average Bonchev–Trinajstić information content (AvgIpc) is 2.41. The third kappa shape index (κ3) is 4.89. The topological polar surface area (TPSA) is 29.5 Å². The minimum Gasteiger partial charge on any atom is -0.465 e. The van der Waals surface area contributed by atoms with E-state index in [1.165, 1.54) is 6.07 Å². The quantitative estimate of drug-likeness (QED) is 0.568. The molecule has 0 fully saturated rings. The highest BCUT2D eigenvalue weighted by Crippen LogP contribution is 2.20. The Morgan fingerprint density at radius 2 is 2.05 bits per heavy atom. The van der Waals surface area contributed by atoms with Crippen LogP contribution in [-0.4, -0.2) is 31.1 Å². The summed E-state index contributed by atoms with van der Waals surface area (Å²) in [5.74, 6) is -2.06. The molecule has 1 aromatic carbocycles. The Morgan fingerprint density at radius 1 is 1.35 bits per heavy atom. The molecule has 112 valence electrons. The third-order valence-electron chi connectivity index (χ3n) is 3.23. The summed E-state index contributed by atoms with van der Waals surface area (Å²) in [6, 6.07) is 3.55. The SMILES string of the molecule is CCCCOC(=O)CN(C)C(C)c1ccc(F)c(F)c1. The maximum Gasteiger partial charge on any atom is 0.320 e. The Morgan fingerprint density at radius 3 is 2.65 bits per heavy atom. The summed E-state index contributed by atoms with van der Waals surface area (Å²) in [6.45, 7) is 4.38. The molecule has 1 rings (SSSR count). The van der Waals surface area contributed by atoms with E-state index in [0.29, 0.717) is 12.2 Å². The molecular weight excluding hydrogens is 264 g/mol. The first-order valence-corrected chi connectivity index (χ1v) is 6.76. The Balaban J connectivity index is 2.55. The van der Waals surface area contributed by atoms with Gasteiger partial charge in [0, 0.05) is 6.04 Å². The van der Waals surface area contributed by atoms with E-state index in [2.05, 4.69) is 0 Å². The van der Waals surface area contributed by atoms with Crippen molar-refractivity contribution in [2.45, 2.75) is 32.7 Å². The summed E-state index contributed by atoms with van der Waals surface area (Å²) >= 11 is 0. The smallest absolute Gasteiger partial charge is 0.320 e. The number of hydrogen-bond donors (Lipinski definition) is 0. The Kier molecular flexibility index (Phi) is 6.58. The van der Waals surface area contributed by atoms with Crippen LogP contribution in [0.5, 0.6) is 0 Å². The van der Waals surface area contributed by atoms with Crippen molar-refractivity contribution in [2.24, 2.45) is 0 Å². The highest BCUT2D eigenvalue weighted by atomic mass is 19.2. The van der Waals surface area contributed by atoms with Gasteiger partial charge in [-0.2, -0.15) is 0 Å². The van der Waals surface area contributed by atoms with Crippen LogP contribution in [0.3, 0.4) is 0 Å². The van der Waals surface area contributed by atoms with Gasteiger partial charge in [-0.3, -0.25) is 9.69 Å². The van der Waals surface area contributed by atoms with Gasteiger partial charge in [0.25, 0.3) is 0 Å². The monoisotopic (exact) mass is 285 g/mol. The molecule has 0 radical (unpaired) electrons. The second-order valence-electron chi connectivity index (χ2n) is 4.84. The van der Waals surface area contributed by atoms with E-state index in [4.69, 9.17) is 4.74 Å². The molecule has 0 N–H and O–H groups in total. The van der Waals surface area contributed by atoms with Crippen LogP contribution in [0.1, 0.15) is 38.3 Å². The number of unbranched alkanes of at least 4 members (excludes halogenated alkanes) is 1. The second kappa shape index (κ2) is 7.94. The third-order valence-corrected chi connectivity index (χ3v) is 3.23. The van der Waals surface area contributed by atoms with Gasteiger partial charge < -0.3 is 4.74 Å². The van der Waals surface area contributed by atoms with Crippen molar-refractivity contribution in [1.29, 1.82) is 0 Å². The largest absolute Gasteiger partial charge is 0.465 e. The van der Waals surface area contributed by atoms with Gasteiger partial charge in [-0.25, -0.2) is 8.78 Å². The van der Waals surface area contributed by atoms with Crippen LogP contribution >= 0.6 is 0 Å². The van der Waals surface area contributed by atoms with Crippen molar-refractivity contribution in [2.75, 3.05) is 20.2 Å². The van der Waals surface area contributed by atoms with Crippen LogP contribution in [-0.2, 0) is 9.53 Å². The number of ether oxygens (including phenoxy) is 1. The van der Waals surface area contributed by atoms with Gasteiger partial charge >= 0.3 is 5.97 Å². The molecule has 3 nitrogen and oxygen atoms in total. The van der Waals surface area contributed by atoms with Crippen LogP contribution in [0.25, 0.3) is 0 Å². The number of carbonyl (C=O) groups excluding carboxylic acids is 1. The first-order valence-electron chi connectivity index (χ1n) is 6.76. The molecule has 0 aliphatic heterocycles. The number of esters is 1. The molecule has 0 bridgehead atoms. The van der Waals surface area contributed by atoms with Crippen LogP contribution in [0, 0.1) is 11.6 Å². The molecule has 0 aromatic heterocycles. The maximum atomic E-state index is 13.2. The molecule has 0 aliphatic rings. The fraction of sp³-hybridized carbons (Fsp3) is 0.533. The average molecular weight is 285 g/mol. The van der Waals surface area contributed by atoms with Crippen LogP contribution in [0.2, 0.25) is 0 Å². The highest BCUT2D eigenvalue weighted by Gasteiger charge is 2.17. The number of nitrogens with zero attached hydrogens (tertiary/aromatic N) is 1. The summed E-state index contributed by atoms with van der Waals surface area (Å²) in [6.07, 6.45) is 1.81. The molecule has 0 saturated carbocycles. The predicted molar refractivity (Wildman–Crippen MR) is 73.3 cm³/mol. The van der Waals surface area contributed by atoms with Gasteiger partial charge in [0.15, 0.2) is 11.6 Å². The minimum atomic E-state index is -0.881. The Bertz CT molecular complexity index is 451. The summed E-state index contributed by atoms with van der Waals surface area (Å²) in [4.78, 5) is 13.3. The molecule has 0 spiro atoms. The zero-order chi connectivity index (χ0) is 15.1. The van der Waals surface area contributed by atoms with Crippen molar-refractivity contribution in [3.05, 3.63) is 35.4 Å². The minimum absolute atomic E-state index is 0.115. The predicted octanol–water partition coefficient (Wildman–Crippen LogP) is 3.30. The molecule has 1 unspecified atom stereocenters. The van der Waals surface area contributed by atoms with E-state index in [9.17, 15) is 13.6 Å². The molecule has 0 saturated heterocycles. The molecule has 1 aromatic rings. The first kappa shape index (κ1) is 16.6. The van der Waals surface area contributed by atoms with Gasteiger partial charge in [-0.05, 0) is 38.1 Å². The highest BCUT2D eigenvalue weighted by molar-refractivity contribution is 5.71. The Hall–Kier alpha value is -1.49. The van der Waals surface area contributed by atoms with E-state index < -0.39 is 11.6 Å². The molecule has 0 heterocycles. The van der Waals surface area contributed by atoms with Crippen LogP contribution in [0.15, 0.2) is 18.2 Å². The van der Waals surface area contributed by atoms with Gasteiger partial charge in [-0.15, -0.1) is 0 Å². The van der Waals surface area contributed by atoms with Crippen molar-refractivity contribution in [3.63, 3.8) is 0 Å².